The van der Waals surface area contributed by atoms with E-state index in [0.717, 1.165) is 31.6 Å². The van der Waals surface area contributed by atoms with Crippen LogP contribution in [0.3, 0.4) is 0 Å². The van der Waals surface area contributed by atoms with Crippen molar-refractivity contribution in [3.05, 3.63) is 36.8 Å². The van der Waals surface area contributed by atoms with Crippen LogP contribution in [0.4, 0.5) is 0 Å². The Morgan fingerprint density at radius 2 is 2.27 bits per heavy atom. The lowest BCUT2D eigenvalue weighted by atomic mass is 10.1. The van der Waals surface area contributed by atoms with Crippen LogP contribution in [0.5, 0.6) is 0 Å². The zero-order chi connectivity index (χ0) is 15.2. The molecular weight excluding hydrogens is 280 g/mol. The Kier molecular flexibility index (Phi) is 4.88. The first-order valence-electron chi connectivity index (χ1n) is 7.97. The van der Waals surface area contributed by atoms with E-state index in [-0.39, 0.29) is 5.91 Å². The summed E-state index contributed by atoms with van der Waals surface area (Å²) in [6.45, 7) is 1.31. The Labute approximate surface area is 130 Å². The molecule has 1 amide bonds. The Bertz CT molecular complexity index is 559. The fourth-order valence-corrected chi connectivity index (χ4v) is 3.09. The highest BCUT2D eigenvalue weighted by atomic mass is 16.3. The summed E-state index contributed by atoms with van der Waals surface area (Å²) in [7, 11) is 0. The molecule has 6 nitrogen and oxygen atoms in total. The fraction of sp³-hybridized carbons (Fsp3) is 0.562. The van der Waals surface area contributed by atoms with E-state index in [1.54, 1.807) is 17.3 Å². The second kappa shape index (κ2) is 7.24. The van der Waals surface area contributed by atoms with Crippen LogP contribution in [0, 0.1) is 0 Å². The van der Waals surface area contributed by atoms with Crippen LogP contribution in [-0.2, 0) is 17.9 Å². The van der Waals surface area contributed by atoms with Gasteiger partial charge in [-0.15, -0.1) is 0 Å². The Hall–Kier alpha value is -2.11. The van der Waals surface area contributed by atoms with Crippen molar-refractivity contribution in [2.75, 3.05) is 0 Å². The Morgan fingerprint density at radius 1 is 1.41 bits per heavy atom. The summed E-state index contributed by atoms with van der Waals surface area (Å²) in [4.78, 5) is 18.5. The quantitative estimate of drug-likeness (QED) is 0.788. The van der Waals surface area contributed by atoms with Gasteiger partial charge < -0.3 is 9.32 Å². The summed E-state index contributed by atoms with van der Waals surface area (Å²) < 4.78 is 7.18. The van der Waals surface area contributed by atoms with Crippen LogP contribution in [0.15, 0.2) is 35.5 Å². The molecule has 0 saturated heterocycles. The topological polar surface area (TPSA) is 64.2 Å². The molecule has 2 aromatic heterocycles. The molecule has 22 heavy (non-hydrogen) atoms. The minimum atomic E-state index is 0.211. The molecule has 0 N–H and O–H groups in total. The van der Waals surface area contributed by atoms with E-state index < -0.39 is 0 Å². The molecule has 0 atom stereocenters. The van der Waals surface area contributed by atoms with Crippen LogP contribution < -0.4 is 0 Å². The number of aryl methyl sites for hydroxylation is 1. The van der Waals surface area contributed by atoms with Crippen molar-refractivity contribution >= 4 is 5.91 Å². The van der Waals surface area contributed by atoms with E-state index >= 15 is 0 Å². The second-order valence-electron chi connectivity index (χ2n) is 5.80. The number of aromatic nitrogens is 3. The van der Waals surface area contributed by atoms with Gasteiger partial charge in [-0.25, -0.2) is 4.98 Å². The standard InChI is InChI=1S/C16H22N4O2/c21-16(8-3-9-19-13-17-12-18-19)20(14-5-1-2-6-14)11-15-7-4-10-22-15/h4,7,10,12-14H,1-3,5-6,8-9,11H2. The number of hydrogen-bond donors (Lipinski definition) is 0. The number of carbonyl (C=O) groups is 1. The number of carbonyl (C=O) groups excluding carboxylic acids is 1. The molecule has 0 spiro atoms. The lowest BCUT2D eigenvalue weighted by Gasteiger charge is -2.28. The summed E-state index contributed by atoms with van der Waals surface area (Å²) in [5.41, 5.74) is 0. The van der Waals surface area contributed by atoms with Gasteiger partial charge in [-0.3, -0.25) is 9.48 Å². The van der Waals surface area contributed by atoms with Crippen molar-refractivity contribution in [1.82, 2.24) is 19.7 Å². The summed E-state index contributed by atoms with van der Waals surface area (Å²) in [5, 5.41) is 4.06. The highest BCUT2D eigenvalue weighted by molar-refractivity contribution is 5.76. The second-order valence-corrected chi connectivity index (χ2v) is 5.80. The normalized spacial score (nSPS) is 15.3. The molecule has 0 radical (unpaired) electrons. The molecule has 2 aromatic rings. The zero-order valence-electron chi connectivity index (χ0n) is 12.7. The molecule has 1 fully saturated rings. The first-order chi connectivity index (χ1) is 10.8. The van der Waals surface area contributed by atoms with E-state index in [0.29, 0.717) is 19.0 Å². The van der Waals surface area contributed by atoms with Crippen molar-refractivity contribution in [2.45, 2.75) is 57.7 Å². The summed E-state index contributed by atoms with van der Waals surface area (Å²) in [5.74, 6) is 1.07. The van der Waals surface area contributed by atoms with Gasteiger partial charge in [0.15, 0.2) is 0 Å². The molecular formula is C16H22N4O2. The lowest BCUT2D eigenvalue weighted by Crippen LogP contribution is -2.38. The smallest absolute Gasteiger partial charge is 0.223 e. The van der Waals surface area contributed by atoms with Crippen molar-refractivity contribution in [3.63, 3.8) is 0 Å². The number of hydrogen-bond acceptors (Lipinski definition) is 4. The first kappa shape index (κ1) is 14.8. The van der Waals surface area contributed by atoms with Gasteiger partial charge in [0.1, 0.15) is 18.4 Å². The molecule has 1 aliphatic rings. The van der Waals surface area contributed by atoms with Crippen LogP contribution in [0.1, 0.15) is 44.3 Å². The van der Waals surface area contributed by atoms with Gasteiger partial charge in [-0.05, 0) is 31.4 Å². The third-order valence-corrected chi connectivity index (χ3v) is 4.24. The summed E-state index contributed by atoms with van der Waals surface area (Å²) in [6.07, 6.45) is 10.8. The van der Waals surface area contributed by atoms with Crippen molar-refractivity contribution in [1.29, 1.82) is 0 Å². The van der Waals surface area contributed by atoms with Gasteiger partial charge in [0.05, 0.1) is 12.8 Å². The minimum Gasteiger partial charge on any atom is -0.467 e. The van der Waals surface area contributed by atoms with E-state index in [1.807, 2.05) is 17.0 Å². The maximum absolute atomic E-state index is 12.6. The Balaban J connectivity index is 1.56. The number of rotatable bonds is 7. The van der Waals surface area contributed by atoms with Crippen molar-refractivity contribution in [3.8, 4) is 0 Å². The molecule has 0 aromatic carbocycles. The van der Waals surface area contributed by atoms with Gasteiger partial charge in [-0.2, -0.15) is 5.10 Å². The van der Waals surface area contributed by atoms with Crippen LogP contribution in [0.25, 0.3) is 0 Å². The largest absolute Gasteiger partial charge is 0.467 e. The minimum absolute atomic E-state index is 0.211. The molecule has 1 saturated carbocycles. The number of furan rings is 1. The SMILES string of the molecule is O=C(CCCn1cncn1)N(Cc1ccco1)C1CCCC1. The van der Waals surface area contributed by atoms with Gasteiger partial charge in [0.2, 0.25) is 5.91 Å². The molecule has 118 valence electrons. The molecule has 6 heteroatoms. The molecule has 3 rings (SSSR count). The van der Waals surface area contributed by atoms with E-state index in [9.17, 15) is 4.79 Å². The molecule has 0 unspecified atom stereocenters. The number of amides is 1. The average molecular weight is 302 g/mol. The fourth-order valence-electron chi connectivity index (χ4n) is 3.09. The first-order valence-corrected chi connectivity index (χ1v) is 7.97. The highest BCUT2D eigenvalue weighted by Gasteiger charge is 2.27. The summed E-state index contributed by atoms with van der Waals surface area (Å²) in [6, 6.07) is 4.17. The van der Waals surface area contributed by atoms with Crippen LogP contribution in [0.2, 0.25) is 0 Å². The van der Waals surface area contributed by atoms with Gasteiger partial charge in [-0.1, -0.05) is 12.8 Å². The van der Waals surface area contributed by atoms with Gasteiger partial charge in [0, 0.05) is 19.0 Å². The van der Waals surface area contributed by atoms with Gasteiger partial charge in [0.25, 0.3) is 0 Å². The molecule has 0 bridgehead atoms. The van der Waals surface area contributed by atoms with Crippen LogP contribution in [-0.4, -0.2) is 31.6 Å². The lowest BCUT2D eigenvalue weighted by molar-refractivity contribution is -0.134. The van der Waals surface area contributed by atoms with Gasteiger partial charge >= 0.3 is 0 Å². The predicted octanol–water partition coefficient (Wildman–Crippen LogP) is 2.62. The molecule has 2 heterocycles. The molecule has 1 aliphatic carbocycles. The zero-order valence-corrected chi connectivity index (χ0v) is 12.7. The van der Waals surface area contributed by atoms with Crippen LogP contribution >= 0.6 is 0 Å². The van der Waals surface area contributed by atoms with Crippen molar-refractivity contribution in [2.24, 2.45) is 0 Å². The monoisotopic (exact) mass is 302 g/mol. The number of nitrogens with zero attached hydrogens (tertiary/aromatic N) is 4. The van der Waals surface area contributed by atoms with E-state index in [1.165, 1.54) is 19.2 Å². The third kappa shape index (κ3) is 3.75. The van der Waals surface area contributed by atoms with E-state index in [2.05, 4.69) is 10.1 Å². The van der Waals surface area contributed by atoms with Crippen molar-refractivity contribution < 1.29 is 9.21 Å². The van der Waals surface area contributed by atoms with E-state index in [4.69, 9.17) is 4.42 Å². The molecule has 0 aliphatic heterocycles. The predicted molar refractivity (Wildman–Crippen MR) is 80.8 cm³/mol. The maximum atomic E-state index is 12.6. The average Bonchev–Trinajstić information content (AvgIpc) is 3.26. The Morgan fingerprint density at radius 3 is 2.95 bits per heavy atom. The highest BCUT2D eigenvalue weighted by Crippen LogP contribution is 2.26. The summed E-state index contributed by atoms with van der Waals surface area (Å²) >= 11 is 0. The third-order valence-electron chi connectivity index (χ3n) is 4.24. The maximum Gasteiger partial charge on any atom is 0.223 e.